The molecule has 4 rings (SSSR count). The third-order valence-electron chi connectivity index (χ3n) is 5.03. The molecule has 2 aromatic carbocycles. The van der Waals surface area contributed by atoms with E-state index in [0.29, 0.717) is 18.0 Å². The normalized spacial score (nSPS) is 17.8. The smallest absolute Gasteiger partial charge is 0.206 e. The van der Waals surface area contributed by atoms with Crippen molar-refractivity contribution in [2.45, 2.75) is 28.8 Å². The molecule has 0 aliphatic carbocycles. The molecule has 0 fully saturated rings. The van der Waals surface area contributed by atoms with Crippen LogP contribution in [-0.2, 0) is 16.4 Å². The van der Waals surface area contributed by atoms with Crippen molar-refractivity contribution in [3.63, 3.8) is 0 Å². The van der Waals surface area contributed by atoms with Crippen molar-refractivity contribution in [2.24, 2.45) is 4.99 Å². The summed E-state index contributed by atoms with van der Waals surface area (Å²) in [6, 6.07) is 11.8. The summed E-state index contributed by atoms with van der Waals surface area (Å²) in [6.45, 7) is 0.670. The summed E-state index contributed by atoms with van der Waals surface area (Å²) >= 11 is 0. The van der Waals surface area contributed by atoms with E-state index >= 15 is 0 Å². The van der Waals surface area contributed by atoms with E-state index in [1.807, 2.05) is 24.5 Å². The van der Waals surface area contributed by atoms with Crippen LogP contribution >= 0.6 is 0 Å². The van der Waals surface area contributed by atoms with Gasteiger partial charge in [0.25, 0.3) is 0 Å². The topological polar surface area (TPSA) is 68.2 Å². The Morgan fingerprint density at radius 3 is 2.48 bits per heavy atom. The van der Waals surface area contributed by atoms with Crippen molar-refractivity contribution in [1.29, 1.82) is 0 Å². The van der Waals surface area contributed by atoms with E-state index in [1.54, 1.807) is 18.2 Å². The van der Waals surface area contributed by atoms with Crippen LogP contribution in [0.5, 0.6) is 11.5 Å². The molecule has 0 N–H and O–H groups in total. The fourth-order valence-corrected chi connectivity index (χ4v) is 4.72. The Morgan fingerprint density at radius 1 is 1.03 bits per heavy atom. The van der Waals surface area contributed by atoms with Crippen LogP contribution in [0.25, 0.3) is 0 Å². The highest BCUT2D eigenvalue weighted by Crippen LogP contribution is 2.32. The zero-order chi connectivity index (χ0) is 20.4. The first-order chi connectivity index (χ1) is 14.0. The van der Waals surface area contributed by atoms with E-state index in [-0.39, 0.29) is 15.8 Å². The molecular formula is C22H22N2O4S. The number of hydrogen-bond donors (Lipinski definition) is 0. The number of methoxy groups -OCH3 is 2. The molecule has 6 nitrogen and oxygen atoms in total. The van der Waals surface area contributed by atoms with Crippen LogP contribution in [0.2, 0.25) is 0 Å². The fourth-order valence-electron chi connectivity index (χ4n) is 3.44. The van der Waals surface area contributed by atoms with E-state index in [4.69, 9.17) is 9.47 Å². The minimum atomic E-state index is -3.65. The summed E-state index contributed by atoms with van der Waals surface area (Å²) in [7, 11) is -0.658. The van der Waals surface area contributed by atoms with Crippen LogP contribution in [0.15, 0.2) is 81.3 Å². The average molecular weight is 410 g/mol. The first-order valence-corrected chi connectivity index (χ1v) is 10.7. The predicted molar refractivity (Wildman–Crippen MR) is 111 cm³/mol. The highest BCUT2D eigenvalue weighted by atomic mass is 32.2. The fraction of sp³-hybridized carbons (Fsp3) is 0.227. The molecule has 0 aromatic heterocycles. The van der Waals surface area contributed by atoms with Gasteiger partial charge in [0.05, 0.1) is 30.1 Å². The molecule has 7 heteroatoms. The lowest BCUT2D eigenvalue weighted by Crippen LogP contribution is -2.17. The number of ether oxygens (including phenoxy) is 2. The second kappa shape index (κ2) is 7.75. The molecule has 0 spiro atoms. The molecule has 2 aromatic rings. The summed E-state index contributed by atoms with van der Waals surface area (Å²) in [4.78, 5) is 6.90. The van der Waals surface area contributed by atoms with Crippen molar-refractivity contribution in [3.8, 4) is 11.5 Å². The van der Waals surface area contributed by atoms with E-state index in [1.165, 1.54) is 31.9 Å². The number of rotatable bonds is 6. The maximum Gasteiger partial charge on any atom is 0.206 e. The molecule has 1 unspecified atom stereocenters. The van der Waals surface area contributed by atoms with Crippen molar-refractivity contribution in [3.05, 3.63) is 72.1 Å². The third-order valence-corrected chi connectivity index (χ3v) is 6.80. The van der Waals surface area contributed by atoms with Crippen molar-refractivity contribution >= 4 is 16.1 Å². The minimum Gasteiger partial charge on any atom is -0.493 e. The quantitative estimate of drug-likeness (QED) is 0.728. The zero-order valence-electron chi connectivity index (χ0n) is 16.3. The molecule has 2 heterocycles. The van der Waals surface area contributed by atoms with Gasteiger partial charge < -0.3 is 14.4 Å². The molecule has 0 bridgehead atoms. The second-order valence-electron chi connectivity index (χ2n) is 6.86. The molecule has 0 saturated heterocycles. The average Bonchev–Trinajstić information content (AvgIpc) is 3.21. The number of fused-ring (bicyclic) bond motifs is 1. The van der Waals surface area contributed by atoms with Crippen LogP contribution in [0.3, 0.4) is 0 Å². The van der Waals surface area contributed by atoms with Crippen LogP contribution in [0.4, 0.5) is 0 Å². The first kappa shape index (κ1) is 19.3. The van der Waals surface area contributed by atoms with Crippen LogP contribution in [0.1, 0.15) is 12.0 Å². The lowest BCUT2D eigenvalue weighted by Gasteiger charge is -2.22. The third kappa shape index (κ3) is 3.78. The van der Waals surface area contributed by atoms with Gasteiger partial charge in [-0.2, -0.15) is 0 Å². The Kier molecular flexibility index (Phi) is 5.15. The summed E-state index contributed by atoms with van der Waals surface area (Å²) < 4.78 is 36.4. The Labute approximate surface area is 170 Å². The van der Waals surface area contributed by atoms with Gasteiger partial charge in [-0.25, -0.2) is 8.42 Å². The predicted octanol–water partition coefficient (Wildman–Crippen LogP) is 3.59. The zero-order valence-corrected chi connectivity index (χ0v) is 17.1. The molecule has 2 aliphatic heterocycles. The van der Waals surface area contributed by atoms with Gasteiger partial charge >= 0.3 is 0 Å². The summed E-state index contributed by atoms with van der Waals surface area (Å²) in [6.07, 6.45) is 9.04. The number of sulfone groups is 1. The molecule has 1 atom stereocenters. The van der Waals surface area contributed by atoms with Crippen molar-refractivity contribution < 1.29 is 17.9 Å². The standard InChI is InChI=1S/C22H22N2O4S/c1-27-21-8-7-19(13-22(21)28-2)29(25,26)18-5-3-16(4-6-18)14-24-12-10-20-17(15-24)9-11-23-20/h3-8,10-13,15,20H,9,14H2,1-2H3. The van der Waals surface area contributed by atoms with Crippen molar-refractivity contribution in [2.75, 3.05) is 14.2 Å². The van der Waals surface area contributed by atoms with E-state index in [2.05, 4.69) is 22.2 Å². The van der Waals surface area contributed by atoms with Gasteiger partial charge in [-0.1, -0.05) is 12.1 Å². The lowest BCUT2D eigenvalue weighted by molar-refractivity contribution is 0.354. The van der Waals surface area contributed by atoms with Gasteiger partial charge in [-0.15, -0.1) is 0 Å². The number of nitrogens with zero attached hydrogens (tertiary/aromatic N) is 2. The number of hydrogen-bond acceptors (Lipinski definition) is 6. The number of aliphatic imine (C=N–C) groups is 1. The maximum absolute atomic E-state index is 13.0. The second-order valence-corrected chi connectivity index (χ2v) is 8.81. The van der Waals surface area contributed by atoms with E-state index in [0.717, 1.165) is 12.0 Å². The molecular weight excluding hydrogens is 388 g/mol. The van der Waals surface area contributed by atoms with E-state index in [9.17, 15) is 8.42 Å². The first-order valence-electron chi connectivity index (χ1n) is 9.23. The molecule has 0 amide bonds. The Morgan fingerprint density at radius 2 is 1.76 bits per heavy atom. The van der Waals surface area contributed by atoms with Gasteiger partial charge in [0.2, 0.25) is 9.84 Å². The molecule has 29 heavy (non-hydrogen) atoms. The molecule has 0 radical (unpaired) electrons. The van der Waals surface area contributed by atoms with Gasteiger partial charge in [-0.05, 0) is 41.5 Å². The highest BCUT2D eigenvalue weighted by Gasteiger charge is 2.21. The van der Waals surface area contributed by atoms with Gasteiger partial charge in [0.1, 0.15) is 0 Å². The Balaban J connectivity index is 1.53. The molecule has 0 saturated carbocycles. The highest BCUT2D eigenvalue weighted by molar-refractivity contribution is 7.91. The minimum absolute atomic E-state index is 0.166. The van der Waals surface area contributed by atoms with Gasteiger partial charge in [0, 0.05) is 37.6 Å². The monoisotopic (exact) mass is 410 g/mol. The van der Waals surface area contributed by atoms with Crippen LogP contribution < -0.4 is 9.47 Å². The summed E-state index contributed by atoms with van der Waals surface area (Å²) in [5.74, 6) is 0.865. The Bertz CT molecular complexity index is 1100. The molecule has 2 aliphatic rings. The summed E-state index contributed by atoms with van der Waals surface area (Å²) in [5, 5.41) is 0. The Hall–Kier alpha value is -3.06. The lowest BCUT2D eigenvalue weighted by atomic mass is 10.1. The number of benzene rings is 2. The van der Waals surface area contributed by atoms with E-state index < -0.39 is 9.84 Å². The van der Waals surface area contributed by atoms with Crippen LogP contribution in [-0.4, -0.2) is 39.8 Å². The largest absolute Gasteiger partial charge is 0.493 e. The summed E-state index contributed by atoms with van der Waals surface area (Å²) in [5.41, 5.74) is 2.30. The SMILES string of the molecule is COc1ccc(S(=O)(=O)c2ccc(CN3C=CC4N=CCC4=C3)cc2)cc1OC. The van der Waals surface area contributed by atoms with Gasteiger partial charge in [0.15, 0.2) is 11.5 Å². The van der Waals surface area contributed by atoms with Crippen molar-refractivity contribution in [1.82, 2.24) is 4.90 Å². The maximum atomic E-state index is 13.0. The molecule has 150 valence electrons. The van der Waals surface area contributed by atoms with Gasteiger partial charge in [-0.3, -0.25) is 4.99 Å². The van der Waals surface area contributed by atoms with Crippen LogP contribution in [0, 0.1) is 0 Å².